The van der Waals surface area contributed by atoms with Gasteiger partial charge in [-0.15, -0.1) is 0 Å². The standard InChI is InChI=1S/C14H17N3O3S/c1-4-16-7-5-6-11(13(16)19)15-12(18)8-17-9(2)10(3)21-14(17)20/h5-7H,4,8H2,1-3H3,(H,15,18). The quantitative estimate of drug-likeness (QED) is 0.926. The van der Waals surface area contributed by atoms with E-state index in [9.17, 15) is 14.4 Å². The molecule has 112 valence electrons. The second kappa shape index (κ2) is 6.09. The van der Waals surface area contributed by atoms with Gasteiger partial charge in [-0.25, -0.2) is 0 Å². The minimum Gasteiger partial charge on any atom is -0.320 e. The van der Waals surface area contributed by atoms with Crippen LogP contribution in [0, 0.1) is 13.8 Å². The maximum absolute atomic E-state index is 12.0. The molecule has 7 heteroatoms. The molecule has 0 bridgehead atoms. The van der Waals surface area contributed by atoms with Gasteiger partial charge in [0.05, 0.1) is 0 Å². The number of nitrogens with one attached hydrogen (secondary N) is 1. The van der Waals surface area contributed by atoms with Crippen LogP contribution in [0.4, 0.5) is 5.69 Å². The SMILES string of the molecule is CCn1cccc(NC(=O)Cn2c(C)c(C)sc2=O)c1=O. The Labute approximate surface area is 125 Å². The highest BCUT2D eigenvalue weighted by Crippen LogP contribution is 2.09. The van der Waals surface area contributed by atoms with Crippen molar-refractivity contribution >= 4 is 22.9 Å². The highest BCUT2D eigenvalue weighted by Gasteiger charge is 2.13. The first kappa shape index (κ1) is 15.2. The molecule has 0 aliphatic heterocycles. The minimum absolute atomic E-state index is 0.0878. The average Bonchev–Trinajstić information content (AvgIpc) is 2.68. The maximum Gasteiger partial charge on any atom is 0.308 e. The Hall–Kier alpha value is -2.15. The third-order valence-electron chi connectivity index (χ3n) is 3.31. The van der Waals surface area contributed by atoms with Gasteiger partial charge in [-0.1, -0.05) is 11.3 Å². The van der Waals surface area contributed by atoms with E-state index in [0.717, 1.165) is 21.9 Å². The number of nitrogens with zero attached hydrogens (tertiary/aromatic N) is 2. The van der Waals surface area contributed by atoms with Crippen LogP contribution in [0.2, 0.25) is 0 Å². The van der Waals surface area contributed by atoms with Crippen LogP contribution in [-0.4, -0.2) is 15.0 Å². The molecule has 1 N–H and O–H groups in total. The third kappa shape index (κ3) is 3.13. The van der Waals surface area contributed by atoms with E-state index in [0.29, 0.717) is 6.54 Å². The van der Waals surface area contributed by atoms with Crippen LogP contribution < -0.4 is 15.7 Å². The second-order valence-corrected chi connectivity index (χ2v) is 5.82. The second-order valence-electron chi connectivity index (χ2n) is 4.66. The Morgan fingerprint density at radius 1 is 1.33 bits per heavy atom. The van der Waals surface area contributed by atoms with Gasteiger partial charge in [0.1, 0.15) is 12.2 Å². The molecular formula is C14H17N3O3S. The average molecular weight is 307 g/mol. The summed E-state index contributed by atoms with van der Waals surface area (Å²) in [5.74, 6) is -0.385. The van der Waals surface area contributed by atoms with E-state index in [4.69, 9.17) is 0 Å². The van der Waals surface area contributed by atoms with E-state index in [1.165, 1.54) is 9.13 Å². The lowest BCUT2D eigenvalue weighted by molar-refractivity contribution is -0.116. The molecule has 0 saturated heterocycles. The highest BCUT2D eigenvalue weighted by molar-refractivity contribution is 7.09. The molecule has 1 amide bonds. The summed E-state index contributed by atoms with van der Waals surface area (Å²) in [5, 5.41) is 2.57. The molecule has 0 radical (unpaired) electrons. The van der Waals surface area contributed by atoms with Crippen LogP contribution in [-0.2, 0) is 17.9 Å². The summed E-state index contributed by atoms with van der Waals surface area (Å²) in [6.45, 7) is 5.93. The zero-order valence-corrected chi connectivity index (χ0v) is 13.0. The molecule has 0 atom stereocenters. The summed E-state index contributed by atoms with van der Waals surface area (Å²) in [5.41, 5.74) is 0.750. The number of aryl methyl sites for hydroxylation is 2. The molecular weight excluding hydrogens is 290 g/mol. The van der Waals surface area contributed by atoms with Crippen molar-refractivity contribution in [3.05, 3.63) is 48.9 Å². The third-order valence-corrected chi connectivity index (χ3v) is 4.31. The molecule has 6 nitrogen and oxygen atoms in total. The highest BCUT2D eigenvalue weighted by atomic mass is 32.1. The molecule has 0 aliphatic rings. The Morgan fingerprint density at radius 2 is 2.05 bits per heavy atom. The first-order valence-electron chi connectivity index (χ1n) is 6.60. The Balaban J connectivity index is 2.20. The van der Waals surface area contributed by atoms with Gasteiger partial charge >= 0.3 is 4.87 Å². The van der Waals surface area contributed by atoms with Crippen LogP contribution in [0.1, 0.15) is 17.5 Å². The summed E-state index contributed by atoms with van der Waals surface area (Å²) >= 11 is 1.11. The Bertz CT molecular complexity index is 785. The molecule has 21 heavy (non-hydrogen) atoms. The van der Waals surface area contributed by atoms with Crippen molar-refractivity contribution in [3.63, 3.8) is 0 Å². The predicted octanol–water partition coefficient (Wildman–Crippen LogP) is 1.35. The van der Waals surface area contributed by atoms with Gasteiger partial charge in [0.25, 0.3) is 5.56 Å². The van der Waals surface area contributed by atoms with Crippen molar-refractivity contribution in [3.8, 4) is 0 Å². The molecule has 0 unspecified atom stereocenters. The molecule has 0 aliphatic carbocycles. The van der Waals surface area contributed by atoms with Crippen LogP contribution in [0.15, 0.2) is 27.9 Å². The van der Waals surface area contributed by atoms with Crippen molar-refractivity contribution in [2.75, 3.05) is 5.32 Å². The Kier molecular flexibility index (Phi) is 4.42. The number of carbonyl (C=O) groups excluding carboxylic acids is 1. The zero-order valence-electron chi connectivity index (χ0n) is 12.2. The van der Waals surface area contributed by atoms with Crippen molar-refractivity contribution in [1.29, 1.82) is 0 Å². The summed E-state index contributed by atoms with van der Waals surface area (Å²) in [4.78, 5) is 36.5. The van der Waals surface area contributed by atoms with Crippen LogP contribution >= 0.6 is 11.3 Å². The van der Waals surface area contributed by atoms with E-state index in [-0.39, 0.29) is 28.6 Å². The summed E-state index contributed by atoms with van der Waals surface area (Å²) in [6, 6.07) is 3.26. The number of thiazole rings is 1. The van der Waals surface area contributed by atoms with E-state index < -0.39 is 0 Å². The lowest BCUT2D eigenvalue weighted by Gasteiger charge is -2.08. The molecule has 0 aromatic carbocycles. The monoisotopic (exact) mass is 307 g/mol. The predicted molar refractivity (Wildman–Crippen MR) is 83.1 cm³/mol. The number of amides is 1. The fraction of sp³-hybridized carbons (Fsp3) is 0.357. The number of aromatic nitrogens is 2. The summed E-state index contributed by atoms with van der Waals surface area (Å²) in [7, 11) is 0. The fourth-order valence-electron chi connectivity index (χ4n) is 1.98. The van der Waals surface area contributed by atoms with E-state index in [1.807, 2.05) is 13.8 Å². The number of anilines is 1. The lowest BCUT2D eigenvalue weighted by Crippen LogP contribution is -2.29. The molecule has 0 saturated carbocycles. The van der Waals surface area contributed by atoms with Crippen LogP contribution in [0.5, 0.6) is 0 Å². The van der Waals surface area contributed by atoms with Crippen molar-refractivity contribution < 1.29 is 4.79 Å². The first-order chi connectivity index (χ1) is 9.93. The van der Waals surface area contributed by atoms with Crippen LogP contribution in [0.25, 0.3) is 0 Å². The fourth-order valence-corrected chi connectivity index (χ4v) is 2.82. The first-order valence-corrected chi connectivity index (χ1v) is 7.41. The maximum atomic E-state index is 12.0. The van der Waals surface area contributed by atoms with Crippen molar-refractivity contribution in [1.82, 2.24) is 9.13 Å². The number of carbonyl (C=O) groups is 1. The largest absolute Gasteiger partial charge is 0.320 e. The van der Waals surface area contributed by atoms with Crippen molar-refractivity contribution in [2.24, 2.45) is 0 Å². The van der Waals surface area contributed by atoms with Gasteiger partial charge < -0.3 is 9.88 Å². The topological polar surface area (TPSA) is 73.1 Å². The van der Waals surface area contributed by atoms with Gasteiger partial charge in [-0.2, -0.15) is 0 Å². The van der Waals surface area contributed by atoms with E-state index in [1.54, 1.807) is 25.3 Å². The molecule has 2 aromatic heterocycles. The number of rotatable bonds is 4. The lowest BCUT2D eigenvalue weighted by atomic mass is 10.3. The van der Waals surface area contributed by atoms with Gasteiger partial charge in [0, 0.05) is 23.3 Å². The van der Waals surface area contributed by atoms with Gasteiger partial charge in [0.15, 0.2) is 0 Å². The minimum atomic E-state index is -0.385. The van der Waals surface area contributed by atoms with Gasteiger partial charge in [-0.05, 0) is 32.9 Å². The normalized spacial score (nSPS) is 10.6. The van der Waals surface area contributed by atoms with Gasteiger partial charge in [-0.3, -0.25) is 19.0 Å². The number of hydrogen-bond donors (Lipinski definition) is 1. The smallest absolute Gasteiger partial charge is 0.308 e. The number of pyridine rings is 1. The number of hydrogen-bond acceptors (Lipinski definition) is 4. The molecule has 0 fully saturated rings. The van der Waals surface area contributed by atoms with E-state index >= 15 is 0 Å². The van der Waals surface area contributed by atoms with E-state index in [2.05, 4.69) is 5.32 Å². The molecule has 2 heterocycles. The summed E-state index contributed by atoms with van der Waals surface area (Å²) < 4.78 is 2.92. The molecule has 2 rings (SSSR count). The zero-order chi connectivity index (χ0) is 15.6. The summed E-state index contributed by atoms with van der Waals surface area (Å²) in [6.07, 6.45) is 1.66. The van der Waals surface area contributed by atoms with Crippen molar-refractivity contribution in [2.45, 2.75) is 33.9 Å². The van der Waals surface area contributed by atoms with Gasteiger partial charge in [0.2, 0.25) is 5.91 Å². The molecule has 2 aromatic rings. The van der Waals surface area contributed by atoms with Crippen LogP contribution in [0.3, 0.4) is 0 Å². The molecule has 0 spiro atoms. The Morgan fingerprint density at radius 3 is 2.62 bits per heavy atom.